The number of rotatable bonds is 7. The van der Waals surface area contributed by atoms with Gasteiger partial charge in [0, 0.05) is 23.4 Å². The summed E-state index contributed by atoms with van der Waals surface area (Å²) in [7, 11) is 0. The van der Waals surface area contributed by atoms with Crippen molar-refractivity contribution >= 4 is 11.4 Å². The van der Waals surface area contributed by atoms with Gasteiger partial charge in [-0.15, -0.1) is 0 Å². The van der Waals surface area contributed by atoms with Crippen LogP contribution in [0.5, 0.6) is 0 Å². The van der Waals surface area contributed by atoms with E-state index in [9.17, 15) is 10.1 Å². The van der Waals surface area contributed by atoms with E-state index in [1.165, 1.54) is 0 Å². The third-order valence-corrected chi connectivity index (χ3v) is 3.37. The second-order valence-electron chi connectivity index (χ2n) is 6.31. The Morgan fingerprint density at radius 3 is 2.15 bits per heavy atom. The van der Waals surface area contributed by atoms with E-state index in [4.69, 9.17) is 0 Å². The van der Waals surface area contributed by atoms with Crippen LogP contribution in [0.2, 0.25) is 0 Å². The number of hydrogen-bond donors (Lipinski definition) is 1. The molecule has 0 fully saturated rings. The van der Waals surface area contributed by atoms with Crippen LogP contribution in [0.1, 0.15) is 46.1 Å². The van der Waals surface area contributed by atoms with Crippen molar-refractivity contribution in [2.24, 2.45) is 11.8 Å². The van der Waals surface area contributed by atoms with Crippen LogP contribution in [-0.4, -0.2) is 11.0 Å². The molecule has 0 saturated carbocycles. The molecule has 0 bridgehead atoms. The Bertz CT molecular complexity index is 446. The fraction of sp³-hybridized carbons (Fsp3) is 0.625. The molecule has 0 aliphatic rings. The molecule has 0 heterocycles. The van der Waals surface area contributed by atoms with Crippen LogP contribution >= 0.6 is 0 Å². The number of nitrogens with zero attached hydrogens (tertiary/aromatic N) is 1. The summed E-state index contributed by atoms with van der Waals surface area (Å²) in [6, 6.07) is 5.58. The Hall–Kier alpha value is -1.58. The van der Waals surface area contributed by atoms with Crippen molar-refractivity contribution in [1.29, 1.82) is 0 Å². The highest BCUT2D eigenvalue weighted by Gasteiger charge is 2.17. The minimum Gasteiger partial charge on any atom is -0.382 e. The number of anilines is 1. The molecule has 0 unspecified atom stereocenters. The number of nitrogens with one attached hydrogen (secondary N) is 1. The minimum absolute atomic E-state index is 0.183. The first-order valence-electron chi connectivity index (χ1n) is 7.31. The molecule has 0 atom stereocenters. The average molecular weight is 278 g/mol. The standard InChI is InChI=1S/C16H26N2O2/c1-11(2)9-14(10-12(3)4)17-15-7-6-8-16(13(15)5)18(19)20/h6-8,11-12,14,17H,9-10H2,1-5H3. The third-order valence-electron chi connectivity index (χ3n) is 3.37. The molecule has 20 heavy (non-hydrogen) atoms. The van der Waals surface area contributed by atoms with Gasteiger partial charge in [0.25, 0.3) is 5.69 Å². The molecule has 112 valence electrons. The highest BCUT2D eigenvalue weighted by atomic mass is 16.6. The van der Waals surface area contributed by atoms with Crippen LogP contribution in [0.4, 0.5) is 11.4 Å². The number of nitro benzene ring substituents is 1. The van der Waals surface area contributed by atoms with Gasteiger partial charge in [-0.25, -0.2) is 0 Å². The Labute approximate surface area is 121 Å². The van der Waals surface area contributed by atoms with E-state index in [1.54, 1.807) is 12.1 Å². The molecular weight excluding hydrogens is 252 g/mol. The fourth-order valence-electron chi connectivity index (χ4n) is 2.55. The van der Waals surface area contributed by atoms with Crippen LogP contribution < -0.4 is 5.32 Å². The predicted molar refractivity (Wildman–Crippen MR) is 84.2 cm³/mol. The molecule has 4 nitrogen and oxygen atoms in total. The largest absolute Gasteiger partial charge is 0.382 e. The summed E-state index contributed by atoms with van der Waals surface area (Å²) in [4.78, 5) is 10.7. The Morgan fingerprint density at radius 1 is 1.15 bits per heavy atom. The summed E-state index contributed by atoms with van der Waals surface area (Å²) >= 11 is 0. The van der Waals surface area contributed by atoms with Crippen molar-refractivity contribution in [2.75, 3.05) is 5.32 Å². The van der Waals surface area contributed by atoms with Crippen molar-refractivity contribution in [2.45, 2.75) is 53.5 Å². The molecule has 1 aromatic rings. The smallest absolute Gasteiger partial charge is 0.274 e. The third kappa shape index (κ3) is 4.83. The van der Waals surface area contributed by atoms with Crippen molar-refractivity contribution < 1.29 is 4.92 Å². The molecule has 0 aromatic heterocycles. The minimum atomic E-state index is -0.319. The Morgan fingerprint density at radius 2 is 1.70 bits per heavy atom. The maximum Gasteiger partial charge on any atom is 0.274 e. The number of nitro groups is 1. The van der Waals surface area contributed by atoms with Gasteiger partial charge in [0.15, 0.2) is 0 Å². The predicted octanol–water partition coefficient (Wildman–Crippen LogP) is 4.78. The van der Waals surface area contributed by atoms with Crippen LogP contribution in [0.25, 0.3) is 0 Å². The van der Waals surface area contributed by atoms with Crippen molar-refractivity contribution in [1.82, 2.24) is 0 Å². The fourth-order valence-corrected chi connectivity index (χ4v) is 2.55. The van der Waals surface area contributed by atoms with Crippen molar-refractivity contribution in [3.63, 3.8) is 0 Å². The summed E-state index contributed by atoms with van der Waals surface area (Å²) in [5.74, 6) is 1.20. The quantitative estimate of drug-likeness (QED) is 0.577. The number of hydrogen-bond acceptors (Lipinski definition) is 3. The molecular formula is C16H26N2O2. The molecule has 0 amide bonds. The lowest BCUT2D eigenvalue weighted by Gasteiger charge is -2.24. The van der Waals surface area contributed by atoms with Crippen LogP contribution in [0.15, 0.2) is 18.2 Å². The summed E-state index contributed by atoms with van der Waals surface area (Å²) in [5.41, 5.74) is 1.78. The highest BCUT2D eigenvalue weighted by Crippen LogP contribution is 2.27. The molecule has 0 aliphatic heterocycles. The zero-order valence-corrected chi connectivity index (χ0v) is 13.1. The van der Waals surface area contributed by atoms with Gasteiger partial charge in [-0.2, -0.15) is 0 Å². The van der Waals surface area contributed by atoms with Gasteiger partial charge < -0.3 is 5.32 Å². The molecule has 0 saturated heterocycles. The van der Waals surface area contributed by atoms with Gasteiger partial charge >= 0.3 is 0 Å². The lowest BCUT2D eigenvalue weighted by molar-refractivity contribution is -0.385. The summed E-state index contributed by atoms with van der Waals surface area (Å²) in [5, 5.41) is 14.5. The Balaban J connectivity index is 2.92. The van der Waals surface area contributed by atoms with E-state index >= 15 is 0 Å². The molecule has 1 N–H and O–H groups in total. The van der Waals surface area contributed by atoms with Crippen molar-refractivity contribution in [3.05, 3.63) is 33.9 Å². The van der Waals surface area contributed by atoms with Gasteiger partial charge in [0.2, 0.25) is 0 Å². The van der Waals surface area contributed by atoms with E-state index in [0.29, 0.717) is 17.9 Å². The van der Waals surface area contributed by atoms with E-state index in [-0.39, 0.29) is 10.6 Å². The maximum atomic E-state index is 11.0. The second-order valence-corrected chi connectivity index (χ2v) is 6.31. The molecule has 1 rings (SSSR count). The van der Waals surface area contributed by atoms with E-state index in [1.807, 2.05) is 13.0 Å². The molecule has 1 aromatic carbocycles. The normalized spacial score (nSPS) is 11.4. The average Bonchev–Trinajstić information content (AvgIpc) is 2.29. The molecule has 0 spiro atoms. The zero-order chi connectivity index (χ0) is 15.3. The maximum absolute atomic E-state index is 11.0. The highest BCUT2D eigenvalue weighted by molar-refractivity contribution is 5.60. The lowest BCUT2D eigenvalue weighted by Crippen LogP contribution is -2.24. The Kier molecular flexibility index (Phi) is 5.99. The van der Waals surface area contributed by atoms with Gasteiger partial charge in [-0.3, -0.25) is 10.1 Å². The van der Waals surface area contributed by atoms with Crippen LogP contribution in [0.3, 0.4) is 0 Å². The first kappa shape index (κ1) is 16.5. The molecule has 0 aliphatic carbocycles. The summed E-state index contributed by atoms with van der Waals surface area (Å²) < 4.78 is 0. The van der Waals surface area contributed by atoms with Crippen molar-refractivity contribution in [3.8, 4) is 0 Å². The van der Waals surface area contributed by atoms with Gasteiger partial charge in [-0.05, 0) is 37.7 Å². The topological polar surface area (TPSA) is 55.2 Å². The molecule has 4 heteroatoms. The first-order valence-corrected chi connectivity index (χ1v) is 7.31. The first-order chi connectivity index (χ1) is 9.31. The lowest BCUT2D eigenvalue weighted by atomic mass is 9.95. The van der Waals surface area contributed by atoms with E-state index in [2.05, 4.69) is 33.0 Å². The van der Waals surface area contributed by atoms with Gasteiger partial charge in [0.05, 0.1) is 4.92 Å². The second kappa shape index (κ2) is 7.27. The van der Waals surface area contributed by atoms with Crippen LogP contribution in [-0.2, 0) is 0 Å². The van der Waals surface area contributed by atoms with Gasteiger partial charge in [0.1, 0.15) is 0 Å². The van der Waals surface area contributed by atoms with Crippen LogP contribution in [0, 0.1) is 28.9 Å². The van der Waals surface area contributed by atoms with E-state index < -0.39 is 0 Å². The van der Waals surface area contributed by atoms with Gasteiger partial charge in [-0.1, -0.05) is 33.8 Å². The SMILES string of the molecule is Cc1c(NC(CC(C)C)CC(C)C)cccc1[N+](=O)[O-]. The zero-order valence-electron chi connectivity index (χ0n) is 13.1. The summed E-state index contributed by atoms with van der Waals surface area (Å²) in [6.45, 7) is 10.6. The number of benzene rings is 1. The summed E-state index contributed by atoms with van der Waals surface area (Å²) in [6.07, 6.45) is 2.14. The molecule has 0 radical (unpaired) electrons. The van der Waals surface area contributed by atoms with E-state index in [0.717, 1.165) is 24.1 Å². The monoisotopic (exact) mass is 278 g/mol.